The van der Waals surface area contributed by atoms with Gasteiger partial charge in [0.1, 0.15) is 5.82 Å². The van der Waals surface area contributed by atoms with E-state index in [1.165, 1.54) is 30.3 Å². The minimum atomic E-state index is -1.19. The number of anilines is 2. The Labute approximate surface area is 155 Å². The van der Waals surface area contributed by atoms with Crippen molar-refractivity contribution < 1.29 is 23.5 Å². The Hall–Kier alpha value is -3.42. The first-order valence-corrected chi connectivity index (χ1v) is 8.21. The third kappa shape index (κ3) is 5.53. The van der Waals surface area contributed by atoms with Crippen molar-refractivity contribution in [3.63, 3.8) is 0 Å². The Morgan fingerprint density at radius 3 is 2.26 bits per heavy atom. The topological polar surface area (TPSA) is 111 Å². The fourth-order valence-electron chi connectivity index (χ4n) is 2.32. The van der Waals surface area contributed by atoms with Gasteiger partial charge in [-0.05, 0) is 42.3 Å². The van der Waals surface area contributed by atoms with E-state index in [9.17, 15) is 18.8 Å². The molecule has 0 heterocycles. The number of benzene rings is 2. The highest BCUT2D eigenvalue weighted by atomic mass is 19.1. The van der Waals surface area contributed by atoms with Crippen molar-refractivity contribution in [2.45, 2.75) is 20.0 Å². The van der Waals surface area contributed by atoms with Gasteiger partial charge in [-0.1, -0.05) is 26.0 Å². The molecule has 0 bridgehead atoms. The summed E-state index contributed by atoms with van der Waals surface area (Å²) in [5, 5.41) is 4.91. The zero-order valence-corrected chi connectivity index (χ0v) is 14.9. The molecular formula is C19H20FN3O4. The highest BCUT2D eigenvalue weighted by molar-refractivity contribution is 6.00. The van der Waals surface area contributed by atoms with Crippen molar-refractivity contribution in [2.75, 3.05) is 5.32 Å². The number of ether oxygens (including phenoxy) is 1. The van der Waals surface area contributed by atoms with Crippen molar-refractivity contribution in [1.29, 1.82) is 0 Å². The lowest BCUT2D eigenvalue weighted by Crippen LogP contribution is -2.45. The second-order valence-electron chi connectivity index (χ2n) is 6.10. The molecule has 3 amide bonds. The number of para-hydroxylation sites is 1. The third-order valence-corrected chi connectivity index (χ3v) is 3.61. The lowest BCUT2D eigenvalue weighted by Gasteiger charge is -2.20. The van der Waals surface area contributed by atoms with Gasteiger partial charge in [0.2, 0.25) is 0 Å². The normalized spacial score (nSPS) is 11.6. The van der Waals surface area contributed by atoms with E-state index in [1.807, 2.05) is 5.32 Å². The van der Waals surface area contributed by atoms with E-state index < -0.39 is 24.0 Å². The van der Waals surface area contributed by atoms with Gasteiger partial charge in [0.25, 0.3) is 5.91 Å². The van der Waals surface area contributed by atoms with Crippen molar-refractivity contribution in [2.24, 2.45) is 11.7 Å². The number of nitrogens with two attached hydrogens (primary N) is 1. The minimum Gasteiger partial charge on any atom is -0.448 e. The minimum absolute atomic E-state index is 0.180. The van der Waals surface area contributed by atoms with Crippen LogP contribution < -0.4 is 16.4 Å². The van der Waals surface area contributed by atoms with Crippen LogP contribution in [0.1, 0.15) is 24.2 Å². The SMILES string of the molecule is CC(C)[C@H](OC(=O)c1ccccc1Nc1ccc(F)cc1)C(=O)NC(N)=O. The smallest absolute Gasteiger partial charge is 0.341 e. The molecule has 27 heavy (non-hydrogen) atoms. The number of hydrogen-bond donors (Lipinski definition) is 3. The number of esters is 1. The van der Waals surface area contributed by atoms with Gasteiger partial charge < -0.3 is 15.8 Å². The lowest BCUT2D eigenvalue weighted by atomic mass is 10.1. The largest absolute Gasteiger partial charge is 0.448 e. The summed E-state index contributed by atoms with van der Waals surface area (Å²) in [4.78, 5) is 35.5. The fraction of sp³-hybridized carbons (Fsp3) is 0.211. The number of imide groups is 1. The maximum atomic E-state index is 13.0. The van der Waals surface area contributed by atoms with Crippen LogP contribution in [0.25, 0.3) is 0 Å². The average Bonchev–Trinajstić information content (AvgIpc) is 2.61. The summed E-state index contributed by atoms with van der Waals surface area (Å²) in [6.07, 6.45) is -1.19. The van der Waals surface area contributed by atoms with E-state index in [1.54, 1.807) is 32.0 Å². The van der Waals surface area contributed by atoms with Crippen molar-refractivity contribution in [3.05, 3.63) is 59.9 Å². The van der Waals surface area contributed by atoms with Crippen molar-refractivity contribution >= 4 is 29.3 Å². The van der Waals surface area contributed by atoms with Crippen LogP contribution in [0.4, 0.5) is 20.6 Å². The summed E-state index contributed by atoms with van der Waals surface area (Å²) in [5.41, 5.74) is 6.12. The van der Waals surface area contributed by atoms with E-state index in [2.05, 4.69) is 5.32 Å². The van der Waals surface area contributed by atoms with Crippen LogP contribution in [-0.4, -0.2) is 24.0 Å². The van der Waals surface area contributed by atoms with Crippen molar-refractivity contribution in [1.82, 2.24) is 5.32 Å². The fourth-order valence-corrected chi connectivity index (χ4v) is 2.32. The Morgan fingerprint density at radius 1 is 1.04 bits per heavy atom. The van der Waals surface area contributed by atoms with Crippen LogP contribution in [-0.2, 0) is 9.53 Å². The first-order chi connectivity index (χ1) is 12.8. The number of carbonyl (C=O) groups excluding carboxylic acids is 3. The average molecular weight is 373 g/mol. The third-order valence-electron chi connectivity index (χ3n) is 3.61. The predicted molar refractivity (Wildman–Crippen MR) is 97.9 cm³/mol. The van der Waals surface area contributed by atoms with E-state index >= 15 is 0 Å². The first kappa shape index (κ1) is 19.9. The Morgan fingerprint density at radius 2 is 1.67 bits per heavy atom. The van der Waals surface area contributed by atoms with Gasteiger partial charge in [0, 0.05) is 5.69 Å². The molecule has 0 saturated heterocycles. The molecule has 2 aromatic carbocycles. The Kier molecular flexibility index (Phi) is 6.48. The molecule has 2 rings (SSSR count). The van der Waals surface area contributed by atoms with Crippen LogP contribution in [0.15, 0.2) is 48.5 Å². The summed E-state index contributed by atoms with van der Waals surface area (Å²) >= 11 is 0. The zero-order chi connectivity index (χ0) is 20.0. The van der Waals surface area contributed by atoms with Gasteiger partial charge in [-0.2, -0.15) is 0 Å². The second-order valence-corrected chi connectivity index (χ2v) is 6.10. The quantitative estimate of drug-likeness (QED) is 0.674. The molecule has 8 heteroatoms. The van der Waals surface area contributed by atoms with E-state index in [0.717, 1.165) is 0 Å². The Balaban J connectivity index is 2.21. The molecule has 0 unspecified atom stereocenters. The number of hydrogen-bond acceptors (Lipinski definition) is 5. The van der Waals surface area contributed by atoms with Gasteiger partial charge in [-0.15, -0.1) is 0 Å². The maximum Gasteiger partial charge on any atom is 0.341 e. The number of amides is 3. The monoisotopic (exact) mass is 373 g/mol. The van der Waals surface area contributed by atoms with Gasteiger partial charge in [-0.3, -0.25) is 10.1 Å². The summed E-state index contributed by atoms with van der Waals surface area (Å²) in [7, 11) is 0. The molecule has 1 atom stereocenters. The predicted octanol–water partition coefficient (Wildman–Crippen LogP) is 2.95. The van der Waals surface area contributed by atoms with Gasteiger partial charge >= 0.3 is 12.0 Å². The number of nitrogens with one attached hydrogen (secondary N) is 2. The summed E-state index contributed by atoms with van der Waals surface area (Å²) in [5.74, 6) is -2.31. The molecule has 0 aliphatic heterocycles. The molecule has 0 aliphatic rings. The van der Waals surface area contributed by atoms with E-state index in [-0.39, 0.29) is 17.3 Å². The summed E-state index contributed by atoms with van der Waals surface area (Å²) in [6, 6.07) is 11.1. The van der Waals surface area contributed by atoms with Gasteiger partial charge in [-0.25, -0.2) is 14.0 Å². The van der Waals surface area contributed by atoms with Crippen LogP contribution in [0.3, 0.4) is 0 Å². The molecule has 0 saturated carbocycles. The van der Waals surface area contributed by atoms with Gasteiger partial charge in [0.15, 0.2) is 6.10 Å². The molecule has 0 spiro atoms. The molecule has 0 fully saturated rings. The van der Waals surface area contributed by atoms with Crippen LogP contribution in [0.5, 0.6) is 0 Å². The molecule has 7 nitrogen and oxygen atoms in total. The number of rotatable bonds is 6. The molecular weight excluding hydrogens is 353 g/mol. The molecule has 2 aromatic rings. The standard InChI is InChI=1S/C19H20FN3O4/c1-11(2)16(17(24)23-19(21)26)27-18(25)14-5-3-4-6-15(14)22-13-9-7-12(20)8-10-13/h3-11,16,22H,1-2H3,(H3,21,23,24,26)/t16-/m0/s1. The van der Waals surface area contributed by atoms with E-state index in [4.69, 9.17) is 10.5 Å². The molecule has 0 radical (unpaired) electrons. The summed E-state index contributed by atoms with van der Waals surface area (Å²) in [6.45, 7) is 3.34. The number of primary amides is 1. The zero-order valence-electron chi connectivity index (χ0n) is 14.9. The van der Waals surface area contributed by atoms with Crippen LogP contribution >= 0.6 is 0 Å². The maximum absolute atomic E-state index is 13.0. The van der Waals surface area contributed by atoms with Crippen LogP contribution in [0.2, 0.25) is 0 Å². The van der Waals surface area contributed by atoms with E-state index in [0.29, 0.717) is 11.4 Å². The highest BCUT2D eigenvalue weighted by Gasteiger charge is 2.28. The van der Waals surface area contributed by atoms with Gasteiger partial charge in [0.05, 0.1) is 11.3 Å². The van der Waals surface area contributed by atoms with Crippen LogP contribution in [0, 0.1) is 11.7 Å². The Bertz CT molecular complexity index is 837. The highest BCUT2D eigenvalue weighted by Crippen LogP contribution is 2.23. The molecule has 4 N–H and O–H groups in total. The number of urea groups is 1. The molecule has 0 aliphatic carbocycles. The lowest BCUT2D eigenvalue weighted by molar-refractivity contribution is -0.130. The first-order valence-electron chi connectivity index (χ1n) is 8.21. The summed E-state index contributed by atoms with van der Waals surface area (Å²) < 4.78 is 18.3. The number of halogens is 1. The second kappa shape index (κ2) is 8.79. The number of carbonyl (C=O) groups is 3. The van der Waals surface area contributed by atoms with Crippen molar-refractivity contribution in [3.8, 4) is 0 Å². The molecule has 142 valence electrons. The molecule has 0 aromatic heterocycles.